The average molecular weight is 410 g/mol. The Labute approximate surface area is 171 Å². The number of anilines is 2. The van der Waals surface area contributed by atoms with Crippen molar-refractivity contribution in [3.05, 3.63) is 98.6 Å². The van der Waals surface area contributed by atoms with E-state index >= 15 is 0 Å². The van der Waals surface area contributed by atoms with Gasteiger partial charge in [-0.2, -0.15) is 0 Å². The number of nitrogens with one attached hydrogen (secondary N) is 2. The second kappa shape index (κ2) is 8.53. The highest BCUT2D eigenvalue weighted by atomic mass is 35.5. The molecule has 0 fully saturated rings. The van der Waals surface area contributed by atoms with Gasteiger partial charge in [-0.3, -0.25) is 19.7 Å². The molecule has 2 amide bonds. The van der Waals surface area contributed by atoms with Crippen molar-refractivity contribution in [2.24, 2.45) is 0 Å². The number of amides is 2. The number of non-ortho nitro benzene ring substituents is 1. The van der Waals surface area contributed by atoms with Crippen molar-refractivity contribution in [1.82, 2.24) is 0 Å². The molecule has 3 aromatic carbocycles. The summed E-state index contributed by atoms with van der Waals surface area (Å²) in [6.45, 7) is 1.91. The number of halogens is 1. The van der Waals surface area contributed by atoms with Crippen LogP contribution in [0.3, 0.4) is 0 Å². The summed E-state index contributed by atoms with van der Waals surface area (Å²) in [5, 5.41) is 16.2. The number of hydrogen-bond acceptors (Lipinski definition) is 4. The van der Waals surface area contributed by atoms with Crippen LogP contribution in [0, 0.1) is 17.0 Å². The summed E-state index contributed by atoms with van der Waals surface area (Å²) in [5.41, 5.74) is 2.52. The van der Waals surface area contributed by atoms with Crippen LogP contribution >= 0.6 is 11.6 Å². The van der Waals surface area contributed by atoms with Gasteiger partial charge in [0.1, 0.15) is 0 Å². The first-order valence-electron chi connectivity index (χ1n) is 8.57. The number of carbonyl (C=O) groups is 2. The molecule has 0 aliphatic heterocycles. The van der Waals surface area contributed by atoms with E-state index in [1.165, 1.54) is 12.1 Å². The third kappa shape index (κ3) is 4.97. The molecule has 0 aliphatic carbocycles. The van der Waals surface area contributed by atoms with Crippen molar-refractivity contribution in [3.8, 4) is 0 Å². The molecule has 0 atom stereocenters. The zero-order valence-electron chi connectivity index (χ0n) is 15.3. The Balaban J connectivity index is 1.67. The van der Waals surface area contributed by atoms with Gasteiger partial charge in [-0.15, -0.1) is 0 Å². The highest BCUT2D eigenvalue weighted by Crippen LogP contribution is 2.24. The Kier molecular flexibility index (Phi) is 5.90. The van der Waals surface area contributed by atoms with Gasteiger partial charge in [-0.1, -0.05) is 29.3 Å². The quantitative estimate of drug-likeness (QED) is 0.454. The Morgan fingerprint density at radius 3 is 2.07 bits per heavy atom. The van der Waals surface area contributed by atoms with Gasteiger partial charge in [-0.25, -0.2) is 0 Å². The smallest absolute Gasteiger partial charge is 0.270 e. The van der Waals surface area contributed by atoms with Crippen molar-refractivity contribution in [2.75, 3.05) is 10.6 Å². The minimum atomic E-state index is -0.586. The van der Waals surface area contributed by atoms with Gasteiger partial charge in [0.15, 0.2) is 0 Å². The summed E-state index contributed by atoms with van der Waals surface area (Å²) >= 11 is 5.97. The molecule has 0 unspecified atom stereocenters. The second-order valence-corrected chi connectivity index (χ2v) is 6.68. The topological polar surface area (TPSA) is 101 Å². The molecule has 0 heterocycles. The van der Waals surface area contributed by atoms with Crippen LogP contribution < -0.4 is 10.6 Å². The fourth-order valence-electron chi connectivity index (χ4n) is 2.63. The van der Waals surface area contributed by atoms with E-state index in [-0.39, 0.29) is 22.2 Å². The van der Waals surface area contributed by atoms with Crippen LogP contribution in [0.5, 0.6) is 0 Å². The summed E-state index contributed by atoms with van der Waals surface area (Å²) in [5.74, 6) is -0.732. The van der Waals surface area contributed by atoms with E-state index in [9.17, 15) is 19.7 Å². The highest BCUT2D eigenvalue weighted by Gasteiger charge is 2.15. The molecule has 0 bridgehead atoms. The van der Waals surface area contributed by atoms with Crippen molar-refractivity contribution in [1.29, 1.82) is 0 Å². The summed E-state index contributed by atoms with van der Waals surface area (Å²) < 4.78 is 0. The number of hydrogen-bond donors (Lipinski definition) is 2. The molecule has 2 N–H and O–H groups in total. The lowest BCUT2D eigenvalue weighted by Gasteiger charge is -2.09. The number of aryl methyl sites for hydroxylation is 1. The molecule has 0 spiro atoms. The van der Waals surface area contributed by atoms with E-state index in [4.69, 9.17) is 11.6 Å². The fraction of sp³-hybridized carbons (Fsp3) is 0.0476. The average Bonchev–Trinajstić information content (AvgIpc) is 2.69. The molecule has 0 aliphatic rings. The number of carbonyl (C=O) groups excluding carboxylic acids is 2. The molecule has 146 valence electrons. The molecular weight excluding hydrogens is 394 g/mol. The maximum atomic E-state index is 12.4. The lowest BCUT2D eigenvalue weighted by atomic mass is 10.1. The number of nitro benzene ring substituents is 1. The zero-order chi connectivity index (χ0) is 21.0. The monoisotopic (exact) mass is 409 g/mol. The van der Waals surface area contributed by atoms with Crippen molar-refractivity contribution >= 4 is 40.5 Å². The first kappa shape index (κ1) is 20.0. The molecule has 0 saturated carbocycles. The number of nitrogens with zero attached hydrogens (tertiary/aromatic N) is 1. The van der Waals surface area contributed by atoms with Crippen LogP contribution in [0.4, 0.5) is 17.1 Å². The van der Waals surface area contributed by atoms with E-state index in [1.807, 2.05) is 19.1 Å². The summed E-state index contributed by atoms with van der Waals surface area (Å²) in [6.07, 6.45) is 0. The summed E-state index contributed by atoms with van der Waals surface area (Å²) in [7, 11) is 0. The lowest BCUT2D eigenvalue weighted by Crippen LogP contribution is -2.13. The first-order chi connectivity index (χ1) is 13.8. The Hall–Kier alpha value is -3.71. The van der Waals surface area contributed by atoms with Crippen molar-refractivity contribution in [2.45, 2.75) is 6.92 Å². The highest BCUT2D eigenvalue weighted by molar-refractivity contribution is 6.34. The van der Waals surface area contributed by atoms with E-state index in [1.54, 1.807) is 36.4 Å². The molecule has 0 aromatic heterocycles. The van der Waals surface area contributed by atoms with Crippen LogP contribution in [0.25, 0.3) is 0 Å². The van der Waals surface area contributed by atoms with Gasteiger partial charge in [0.25, 0.3) is 17.5 Å². The van der Waals surface area contributed by atoms with Crippen LogP contribution in [-0.2, 0) is 0 Å². The number of nitro groups is 1. The molecule has 0 radical (unpaired) electrons. The van der Waals surface area contributed by atoms with Gasteiger partial charge in [0, 0.05) is 29.1 Å². The third-order valence-electron chi connectivity index (χ3n) is 4.09. The van der Waals surface area contributed by atoms with Gasteiger partial charge in [0.05, 0.1) is 15.5 Å². The van der Waals surface area contributed by atoms with Gasteiger partial charge in [-0.05, 0) is 49.4 Å². The van der Waals surface area contributed by atoms with Gasteiger partial charge in [0.2, 0.25) is 0 Å². The van der Waals surface area contributed by atoms with E-state index in [2.05, 4.69) is 10.6 Å². The van der Waals surface area contributed by atoms with E-state index in [0.717, 1.165) is 11.6 Å². The first-order valence-corrected chi connectivity index (χ1v) is 8.94. The zero-order valence-corrected chi connectivity index (χ0v) is 16.1. The molecule has 7 nitrogen and oxygen atoms in total. The number of benzene rings is 3. The van der Waals surface area contributed by atoms with Gasteiger partial charge >= 0.3 is 0 Å². The summed E-state index contributed by atoms with van der Waals surface area (Å²) in [4.78, 5) is 34.8. The maximum Gasteiger partial charge on any atom is 0.270 e. The maximum absolute atomic E-state index is 12.4. The molecule has 8 heteroatoms. The predicted molar refractivity (Wildman–Crippen MR) is 112 cm³/mol. The van der Waals surface area contributed by atoms with Crippen molar-refractivity contribution < 1.29 is 14.5 Å². The third-order valence-corrected chi connectivity index (χ3v) is 4.40. The molecule has 0 saturated heterocycles. The second-order valence-electron chi connectivity index (χ2n) is 6.28. The van der Waals surface area contributed by atoms with Crippen LogP contribution in [-0.4, -0.2) is 16.7 Å². The molecule has 3 rings (SSSR count). The van der Waals surface area contributed by atoms with Crippen LogP contribution in [0.15, 0.2) is 66.7 Å². The van der Waals surface area contributed by atoms with Crippen molar-refractivity contribution in [3.63, 3.8) is 0 Å². The van der Waals surface area contributed by atoms with Crippen LogP contribution in [0.2, 0.25) is 5.02 Å². The largest absolute Gasteiger partial charge is 0.322 e. The predicted octanol–water partition coefficient (Wildman–Crippen LogP) is 5.06. The fourth-order valence-corrected chi connectivity index (χ4v) is 2.89. The molecular formula is C21H16ClN3O4. The Morgan fingerprint density at radius 2 is 1.52 bits per heavy atom. The number of rotatable bonds is 5. The van der Waals surface area contributed by atoms with Crippen LogP contribution in [0.1, 0.15) is 26.3 Å². The van der Waals surface area contributed by atoms with E-state index < -0.39 is 10.8 Å². The Bertz CT molecular complexity index is 1100. The van der Waals surface area contributed by atoms with E-state index in [0.29, 0.717) is 16.9 Å². The Morgan fingerprint density at radius 1 is 0.897 bits per heavy atom. The SMILES string of the molecule is Cc1cccc(C(=O)Nc2ccc(NC(=O)c3ccc([N+](=O)[O-])cc3Cl)cc2)c1. The normalized spacial score (nSPS) is 10.3. The van der Waals surface area contributed by atoms with Gasteiger partial charge < -0.3 is 10.6 Å². The minimum absolute atomic E-state index is 0.0151. The molecule has 3 aromatic rings. The summed E-state index contributed by atoms with van der Waals surface area (Å²) in [6, 6.07) is 17.4. The lowest BCUT2D eigenvalue weighted by molar-refractivity contribution is -0.384. The minimum Gasteiger partial charge on any atom is -0.322 e. The molecule has 29 heavy (non-hydrogen) atoms. The standard InChI is InChI=1S/C21H16ClN3O4/c1-13-3-2-4-14(11-13)20(26)23-15-5-7-16(8-6-15)24-21(27)18-10-9-17(25(28)29)12-19(18)22/h2-12H,1H3,(H,23,26)(H,24,27).